The number of hydrogen-bond acceptors (Lipinski definition) is 7. The van der Waals surface area contributed by atoms with E-state index in [0.29, 0.717) is 5.78 Å². The van der Waals surface area contributed by atoms with E-state index in [1.54, 1.807) is 11.6 Å². The molecule has 0 spiro atoms. The van der Waals surface area contributed by atoms with Crippen LogP contribution >= 0.6 is 0 Å². The van der Waals surface area contributed by atoms with Gasteiger partial charge in [-0.3, -0.25) is 4.90 Å². The summed E-state index contributed by atoms with van der Waals surface area (Å²) < 4.78 is 12.6. The molecule has 8 heteroatoms. The molecular weight excluding hydrogens is 344 g/mol. The van der Waals surface area contributed by atoms with Gasteiger partial charge in [0.05, 0.1) is 26.4 Å². The van der Waals surface area contributed by atoms with Gasteiger partial charge in [0.25, 0.3) is 5.78 Å². The van der Waals surface area contributed by atoms with Gasteiger partial charge in [-0.1, -0.05) is 12.1 Å². The highest BCUT2D eigenvalue weighted by atomic mass is 16.5. The molecule has 3 heterocycles. The predicted molar refractivity (Wildman–Crippen MR) is 102 cm³/mol. The molecule has 1 fully saturated rings. The third-order valence-electron chi connectivity index (χ3n) is 4.84. The molecule has 0 radical (unpaired) electrons. The third kappa shape index (κ3) is 3.86. The summed E-state index contributed by atoms with van der Waals surface area (Å²) in [5.74, 6) is 2.35. The van der Waals surface area contributed by atoms with Crippen molar-refractivity contribution in [1.82, 2.24) is 24.5 Å². The summed E-state index contributed by atoms with van der Waals surface area (Å²) >= 11 is 0. The molecule has 27 heavy (non-hydrogen) atoms. The van der Waals surface area contributed by atoms with Gasteiger partial charge in [-0.25, -0.2) is 4.98 Å². The van der Waals surface area contributed by atoms with Gasteiger partial charge in [0.15, 0.2) is 0 Å². The first-order valence-corrected chi connectivity index (χ1v) is 9.11. The van der Waals surface area contributed by atoms with Crippen LogP contribution in [0.4, 0.5) is 5.82 Å². The van der Waals surface area contributed by atoms with E-state index in [9.17, 15) is 0 Å². The lowest BCUT2D eigenvalue weighted by atomic mass is 10.0. The average molecular weight is 368 g/mol. The minimum absolute atomic E-state index is 0.215. The molecule has 1 aliphatic rings. The lowest BCUT2D eigenvalue weighted by Gasteiger charge is -2.35. The molecule has 4 rings (SSSR count). The number of morpholine rings is 1. The summed E-state index contributed by atoms with van der Waals surface area (Å²) in [6.07, 6.45) is 1.52. The third-order valence-corrected chi connectivity index (χ3v) is 4.84. The second kappa shape index (κ2) is 7.89. The summed E-state index contributed by atoms with van der Waals surface area (Å²) in [5.41, 5.74) is 2.15. The molecule has 1 unspecified atom stereocenters. The number of benzene rings is 1. The number of methoxy groups -OCH3 is 1. The highest BCUT2D eigenvalue weighted by Gasteiger charge is 2.23. The Morgan fingerprint density at radius 3 is 2.74 bits per heavy atom. The SMILES string of the molecule is COc1ccc(C(CNc2cc(C)nc3ncnn23)N2CCOCC2)cc1. The average Bonchev–Trinajstić information content (AvgIpc) is 3.18. The molecular formula is C19H24N6O2. The lowest BCUT2D eigenvalue weighted by Crippen LogP contribution is -2.41. The molecule has 1 atom stereocenters. The molecule has 142 valence electrons. The number of nitrogens with zero attached hydrogens (tertiary/aromatic N) is 5. The Bertz CT molecular complexity index is 889. The molecule has 1 N–H and O–H groups in total. The highest BCUT2D eigenvalue weighted by Crippen LogP contribution is 2.25. The zero-order valence-corrected chi connectivity index (χ0v) is 15.6. The number of aryl methyl sites for hydroxylation is 1. The van der Waals surface area contributed by atoms with Crippen molar-refractivity contribution in [3.8, 4) is 5.75 Å². The zero-order valence-electron chi connectivity index (χ0n) is 15.6. The van der Waals surface area contributed by atoms with E-state index in [0.717, 1.165) is 50.1 Å². The van der Waals surface area contributed by atoms with Crippen molar-refractivity contribution in [1.29, 1.82) is 0 Å². The number of aromatic nitrogens is 4. The fraction of sp³-hybridized carbons (Fsp3) is 0.421. The molecule has 0 bridgehead atoms. The van der Waals surface area contributed by atoms with Crippen molar-refractivity contribution < 1.29 is 9.47 Å². The smallest absolute Gasteiger partial charge is 0.254 e. The van der Waals surface area contributed by atoms with Crippen molar-refractivity contribution >= 4 is 11.6 Å². The van der Waals surface area contributed by atoms with Gasteiger partial charge >= 0.3 is 0 Å². The van der Waals surface area contributed by atoms with Crippen molar-refractivity contribution in [3.05, 3.63) is 47.9 Å². The Hall–Kier alpha value is -2.71. The van der Waals surface area contributed by atoms with Crippen LogP contribution in [0.15, 0.2) is 36.7 Å². The van der Waals surface area contributed by atoms with Crippen LogP contribution in [0.3, 0.4) is 0 Å². The number of ether oxygens (including phenoxy) is 2. The topological polar surface area (TPSA) is 76.8 Å². The summed E-state index contributed by atoms with van der Waals surface area (Å²) in [6, 6.07) is 10.5. The molecule has 3 aromatic rings. The Morgan fingerprint density at radius 1 is 1.22 bits per heavy atom. The minimum Gasteiger partial charge on any atom is -0.497 e. The number of nitrogens with one attached hydrogen (secondary N) is 1. The van der Waals surface area contributed by atoms with E-state index < -0.39 is 0 Å². The van der Waals surface area contributed by atoms with E-state index in [-0.39, 0.29) is 6.04 Å². The number of rotatable bonds is 6. The van der Waals surface area contributed by atoms with Gasteiger partial charge < -0.3 is 14.8 Å². The standard InChI is InChI=1S/C19H24N6O2/c1-14-11-18(25-19(23-14)21-13-22-25)20-12-17(24-7-9-27-10-8-24)15-3-5-16(26-2)6-4-15/h3-6,11,13,17,20H,7-10,12H2,1-2H3. The molecule has 2 aromatic heterocycles. The minimum atomic E-state index is 0.215. The van der Waals surface area contributed by atoms with E-state index in [1.807, 2.05) is 25.1 Å². The van der Waals surface area contributed by atoms with Gasteiger partial charge in [0.2, 0.25) is 0 Å². The molecule has 1 aliphatic heterocycles. The van der Waals surface area contributed by atoms with Crippen LogP contribution in [-0.2, 0) is 4.74 Å². The zero-order chi connectivity index (χ0) is 18.6. The fourth-order valence-corrected chi connectivity index (χ4v) is 3.43. The molecule has 0 amide bonds. The maximum atomic E-state index is 5.54. The highest BCUT2D eigenvalue weighted by molar-refractivity contribution is 5.45. The Morgan fingerprint density at radius 2 is 2.00 bits per heavy atom. The molecule has 0 saturated carbocycles. The van der Waals surface area contributed by atoms with Crippen LogP contribution < -0.4 is 10.1 Å². The molecule has 8 nitrogen and oxygen atoms in total. The first-order valence-electron chi connectivity index (χ1n) is 9.11. The Kier molecular flexibility index (Phi) is 5.17. The fourth-order valence-electron chi connectivity index (χ4n) is 3.43. The van der Waals surface area contributed by atoms with Crippen molar-refractivity contribution in [2.24, 2.45) is 0 Å². The second-order valence-electron chi connectivity index (χ2n) is 6.57. The first-order chi connectivity index (χ1) is 13.2. The van der Waals surface area contributed by atoms with E-state index in [4.69, 9.17) is 9.47 Å². The van der Waals surface area contributed by atoms with Gasteiger partial charge in [0, 0.05) is 31.4 Å². The van der Waals surface area contributed by atoms with Gasteiger partial charge in [-0.05, 0) is 24.6 Å². The molecule has 1 aromatic carbocycles. The lowest BCUT2D eigenvalue weighted by molar-refractivity contribution is 0.0187. The Balaban J connectivity index is 1.59. The van der Waals surface area contributed by atoms with Crippen LogP contribution in [0.1, 0.15) is 17.3 Å². The van der Waals surface area contributed by atoms with Crippen LogP contribution in [0, 0.1) is 6.92 Å². The van der Waals surface area contributed by atoms with Crippen LogP contribution in [0.25, 0.3) is 5.78 Å². The first kappa shape index (κ1) is 17.7. The van der Waals surface area contributed by atoms with Crippen LogP contribution in [-0.4, -0.2) is 64.4 Å². The normalized spacial score (nSPS) is 16.4. The molecule has 1 saturated heterocycles. The summed E-state index contributed by atoms with van der Waals surface area (Å²) in [4.78, 5) is 11.0. The second-order valence-corrected chi connectivity index (χ2v) is 6.57. The monoisotopic (exact) mass is 368 g/mol. The quantitative estimate of drug-likeness (QED) is 0.712. The van der Waals surface area contributed by atoms with Gasteiger partial charge in [-0.2, -0.15) is 14.6 Å². The molecule has 0 aliphatic carbocycles. The van der Waals surface area contributed by atoms with Crippen molar-refractivity contribution in [3.63, 3.8) is 0 Å². The van der Waals surface area contributed by atoms with Gasteiger partial charge in [0.1, 0.15) is 17.9 Å². The van der Waals surface area contributed by atoms with Crippen molar-refractivity contribution in [2.75, 3.05) is 45.3 Å². The van der Waals surface area contributed by atoms with Crippen LogP contribution in [0.2, 0.25) is 0 Å². The number of anilines is 1. The predicted octanol–water partition coefficient (Wildman–Crippen LogP) is 1.93. The number of hydrogen-bond donors (Lipinski definition) is 1. The summed E-state index contributed by atoms with van der Waals surface area (Å²) in [7, 11) is 1.69. The Labute approximate surface area is 158 Å². The van der Waals surface area contributed by atoms with Crippen molar-refractivity contribution in [2.45, 2.75) is 13.0 Å². The summed E-state index contributed by atoms with van der Waals surface area (Å²) in [5, 5.41) is 7.82. The maximum absolute atomic E-state index is 5.54. The summed E-state index contributed by atoms with van der Waals surface area (Å²) in [6.45, 7) is 6.04. The number of fused-ring (bicyclic) bond motifs is 1. The maximum Gasteiger partial charge on any atom is 0.254 e. The van der Waals surface area contributed by atoms with Gasteiger partial charge in [-0.15, -0.1) is 0 Å². The largest absolute Gasteiger partial charge is 0.497 e. The van der Waals surface area contributed by atoms with E-state index in [2.05, 4.69) is 37.4 Å². The van der Waals surface area contributed by atoms with E-state index >= 15 is 0 Å². The van der Waals surface area contributed by atoms with Crippen LogP contribution in [0.5, 0.6) is 5.75 Å². The van der Waals surface area contributed by atoms with E-state index in [1.165, 1.54) is 11.9 Å².